The lowest BCUT2D eigenvalue weighted by Crippen LogP contribution is -2.54. The normalized spacial score (nSPS) is 14.7. The molecule has 4 rings (SSSR count). The molecule has 0 unspecified atom stereocenters. The van der Waals surface area contributed by atoms with Crippen molar-refractivity contribution in [2.75, 3.05) is 11.5 Å². The van der Waals surface area contributed by atoms with Gasteiger partial charge in [0.2, 0.25) is 0 Å². The number of hydrogen-bond donors (Lipinski definition) is 1. The van der Waals surface area contributed by atoms with E-state index in [2.05, 4.69) is 27.9 Å². The zero-order chi connectivity index (χ0) is 25.8. The standard InChI is InChI=1S/C26H19ClFIN2O5/c1-2-35-22-13-16(12-21(27)23(22)36-14-15-3-7-18(29)8-4-15)11-20-24(32)30-26(34)31(25(20)33)19-9-5-17(28)6-10-19/h3-13H,2,14H2,1H3,(H,30,32,34)/b20-11+. The van der Waals surface area contributed by atoms with Crippen molar-refractivity contribution < 1.29 is 28.2 Å². The molecule has 1 N–H and O–H groups in total. The van der Waals surface area contributed by atoms with E-state index in [0.717, 1.165) is 26.2 Å². The highest BCUT2D eigenvalue weighted by Gasteiger charge is 2.36. The van der Waals surface area contributed by atoms with Crippen LogP contribution in [-0.4, -0.2) is 24.5 Å². The van der Waals surface area contributed by atoms with E-state index in [1.165, 1.54) is 24.3 Å². The van der Waals surface area contributed by atoms with E-state index < -0.39 is 23.7 Å². The highest BCUT2D eigenvalue weighted by molar-refractivity contribution is 14.1. The quantitative estimate of drug-likeness (QED) is 0.207. The fraction of sp³-hybridized carbons (Fsp3) is 0.115. The molecule has 1 aliphatic heterocycles. The van der Waals surface area contributed by atoms with E-state index in [9.17, 15) is 18.8 Å². The van der Waals surface area contributed by atoms with Crippen LogP contribution in [0, 0.1) is 9.39 Å². The van der Waals surface area contributed by atoms with Gasteiger partial charge in [-0.1, -0.05) is 23.7 Å². The molecule has 0 radical (unpaired) electrons. The highest BCUT2D eigenvalue weighted by Crippen LogP contribution is 2.38. The first-order chi connectivity index (χ1) is 17.3. The SMILES string of the molecule is CCOc1cc(/C=C2\C(=O)NC(=O)N(c3ccc(F)cc3)C2=O)cc(Cl)c1OCc1ccc(I)cc1. The van der Waals surface area contributed by atoms with Crippen LogP contribution in [0.4, 0.5) is 14.9 Å². The number of halogens is 3. The first kappa shape index (κ1) is 25.6. The number of hydrogen-bond acceptors (Lipinski definition) is 5. The van der Waals surface area contributed by atoms with Gasteiger partial charge >= 0.3 is 6.03 Å². The first-order valence-electron chi connectivity index (χ1n) is 10.8. The number of carbonyl (C=O) groups is 3. The molecule has 10 heteroatoms. The molecular formula is C26H19ClFIN2O5. The van der Waals surface area contributed by atoms with Gasteiger partial charge in [-0.25, -0.2) is 14.1 Å². The number of barbiturate groups is 1. The maximum absolute atomic E-state index is 13.3. The van der Waals surface area contributed by atoms with Gasteiger partial charge < -0.3 is 9.47 Å². The Morgan fingerprint density at radius 2 is 1.72 bits per heavy atom. The molecule has 0 atom stereocenters. The number of benzene rings is 3. The van der Waals surface area contributed by atoms with E-state index in [1.807, 2.05) is 24.3 Å². The van der Waals surface area contributed by atoms with Crippen LogP contribution in [0.5, 0.6) is 11.5 Å². The van der Waals surface area contributed by atoms with Gasteiger partial charge in [0, 0.05) is 3.57 Å². The predicted octanol–water partition coefficient (Wildman–Crippen LogP) is 5.73. The molecule has 4 amide bonds. The van der Waals surface area contributed by atoms with Crippen molar-refractivity contribution in [3.63, 3.8) is 0 Å². The van der Waals surface area contributed by atoms with Crippen molar-refractivity contribution in [3.8, 4) is 11.5 Å². The molecule has 0 aromatic heterocycles. The Balaban J connectivity index is 1.65. The average Bonchev–Trinajstić information content (AvgIpc) is 2.83. The maximum atomic E-state index is 13.3. The third-order valence-corrected chi connectivity index (χ3v) is 6.13. The van der Waals surface area contributed by atoms with E-state index in [1.54, 1.807) is 13.0 Å². The van der Waals surface area contributed by atoms with Gasteiger partial charge in [0.15, 0.2) is 11.5 Å². The summed E-state index contributed by atoms with van der Waals surface area (Å²) in [6.45, 7) is 2.38. The monoisotopic (exact) mass is 620 g/mol. The molecule has 3 aromatic carbocycles. The van der Waals surface area contributed by atoms with Crippen molar-refractivity contribution in [2.45, 2.75) is 13.5 Å². The van der Waals surface area contributed by atoms with Crippen molar-refractivity contribution in [3.05, 3.63) is 91.8 Å². The van der Waals surface area contributed by atoms with Crippen LogP contribution in [0.25, 0.3) is 6.08 Å². The van der Waals surface area contributed by atoms with Gasteiger partial charge in [0.05, 0.1) is 17.3 Å². The predicted molar refractivity (Wildman–Crippen MR) is 142 cm³/mol. The number of nitrogens with zero attached hydrogens (tertiary/aromatic N) is 1. The van der Waals surface area contributed by atoms with Gasteiger partial charge in [-0.05, 0) is 95.2 Å². The van der Waals surface area contributed by atoms with Crippen LogP contribution in [0.15, 0.2) is 66.2 Å². The molecule has 0 bridgehead atoms. The summed E-state index contributed by atoms with van der Waals surface area (Å²) in [5.74, 6) is -1.60. The Bertz CT molecular complexity index is 1360. The minimum Gasteiger partial charge on any atom is -0.490 e. The Kier molecular flexibility index (Phi) is 7.90. The topological polar surface area (TPSA) is 84.9 Å². The number of anilines is 1. The van der Waals surface area contributed by atoms with Gasteiger partial charge in [-0.15, -0.1) is 0 Å². The Morgan fingerprint density at radius 1 is 1.03 bits per heavy atom. The van der Waals surface area contributed by atoms with E-state index in [0.29, 0.717) is 23.7 Å². The largest absolute Gasteiger partial charge is 0.490 e. The minimum absolute atomic E-state index is 0.115. The second kappa shape index (κ2) is 11.1. The first-order valence-corrected chi connectivity index (χ1v) is 12.2. The second-order valence-electron chi connectivity index (χ2n) is 7.61. The molecule has 7 nitrogen and oxygen atoms in total. The molecule has 1 heterocycles. The van der Waals surface area contributed by atoms with Crippen LogP contribution >= 0.6 is 34.2 Å². The summed E-state index contributed by atoms with van der Waals surface area (Å²) < 4.78 is 26.0. The zero-order valence-electron chi connectivity index (χ0n) is 18.9. The van der Waals surface area contributed by atoms with Crippen molar-refractivity contribution in [1.82, 2.24) is 5.32 Å². The summed E-state index contributed by atoms with van der Waals surface area (Å²) in [5.41, 5.74) is 1.14. The summed E-state index contributed by atoms with van der Waals surface area (Å²) in [4.78, 5) is 38.7. The fourth-order valence-corrected chi connectivity index (χ4v) is 4.09. The molecular weight excluding hydrogens is 602 g/mol. The molecule has 1 saturated heterocycles. The van der Waals surface area contributed by atoms with Gasteiger partial charge in [0.25, 0.3) is 11.8 Å². The zero-order valence-corrected chi connectivity index (χ0v) is 21.8. The van der Waals surface area contributed by atoms with Gasteiger partial charge in [0.1, 0.15) is 18.0 Å². The third-order valence-electron chi connectivity index (χ3n) is 5.13. The molecule has 0 aliphatic carbocycles. The Morgan fingerprint density at radius 3 is 2.39 bits per heavy atom. The van der Waals surface area contributed by atoms with Crippen LogP contribution in [0.1, 0.15) is 18.1 Å². The summed E-state index contributed by atoms with van der Waals surface area (Å²) in [6, 6.07) is 14.8. The molecule has 1 fully saturated rings. The van der Waals surface area contributed by atoms with Gasteiger partial charge in [-0.3, -0.25) is 14.9 Å². The van der Waals surface area contributed by atoms with E-state index in [4.69, 9.17) is 21.1 Å². The van der Waals surface area contributed by atoms with Crippen LogP contribution in [0.3, 0.4) is 0 Å². The van der Waals surface area contributed by atoms with Crippen molar-refractivity contribution in [2.24, 2.45) is 0 Å². The molecule has 1 aliphatic rings. The fourth-order valence-electron chi connectivity index (χ4n) is 3.46. The Labute approximate surface area is 225 Å². The highest BCUT2D eigenvalue weighted by atomic mass is 127. The van der Waals surface area contributed by atoms with Crippen molar-refractivity contribution >= 4 is 63.8 Å². The van der Waals surface area contributed by atoms with Crippen molar-refractivity contribution in [1.29, 1.82) is 0 Å². The number of nitrogens with one attached hydrogen (secondary N) is 1. The smallest absolute Gasteiger partial charge is 0.335 e. The lowest BCUT2D eigenvalue weighted by molar-refractivity contribution is -0.122. The number of imide groups is 2. The van der Waals surface area contributed by atoms with E-state index >= 15 is 0 Å². The summed E-state index contributed by atoms with van der Waals surface area (Å²) >= 11 is 8.71. The lowest BCUT2D eigenvalue weighted by Gasteiger charge is -2.26. The van der Waals surface area contributed by atoms with Crippen LogP contribution in [0.2, 0.25) is 5.02 Å². The molecule has 36 heavy (non-hydrogen) atoms. The van der Waals surface area contributed by atoms with Crippen LogP contribution < -0.4 is 19.7 Å². The molecule has 0 saturated carbocycles. The maximum Gasteiger partial charge on any atom is 0.335 e. The number of ether oxygens (including phenoxy) is 2. The number of amides is 4. The molecule has 0 spiro atoms. The molecule has 3 aromatic rings. The number of rotatable bonds is 7. The third kappa shape index (κ3) is 5.68. The average molecular weight is 621 g/mol. The summed E-state index contributed by atoms with van der Waals surface area (Å²) in [6.07, 6.45) is 1.30. The Hall–Kier alpha value is -3.44. The molecule has 184 valence electrons. The number of carbonyl (C=O) groups excluding carboxylic acids is 3. The number of urea groups is 1. The minimum atomic E-state index is -0.929. The van der Waals surface area contributed by atoms with Gasteiger partial charge in [-0.2, -0.15) is 0 Å². The van der Waals surface area contributed by atoms with Crippen LogP contribution in [-0.2, 0) is 16.2 Å². The summed E-state index contributed by atoms with van der Waals surface area (Å²) in [5, 5.41) is 2.34. The lowest BCUT2D eigenvalue weighted by atomic mass is 10.1. The van der Waals surface area contributed by atoms with E-state index in [-0.39, 0.29) is 22.9 Å². The second-order valence-corrected chi connectivity index (χ2v) is 9.27. The summed E-state index contributed by atoms with van der Waals surface area (Å²) in [7, 11) is 0.